The predicted octanol–water partition coefficient (Wildman–Crippen LogP) is 1.32. The lowest BCUT2D eigenvalue weighted by molar-refractivity contribution is 0.597. The Morgan fingerprint density at radius 3 is 1.96 bits per heavy atom. The second kappa shape index (κ2) is 9.12. The van der Waals surface area contributed by atoms with Gasteiger partial charge in [0.2, 0.25) is 10.0 Å². The van der Waals surface area contributed by atoms with Gasteiger partial charge in [0.15, 0.2) is 5.13 Å². The number of nitrogens with one attached hydrogen (secondary N) is 1. The van der Waals surface area contributed by atoms with Gasteiger partial charge in [0.1, 0.15) is 0 Å². The normalized spacial score (nSPS) is 11.4. The van der Waals surface area contributed by atoms with Crippen molar-refractivity contribution in [1.82, 2.24) is 4.98 Å². The second-order valence-corrected chi connectivity index (χ2v) is 9.54. The van der Waals surface area contributed by atoms with Crippen LogP contribution in [0.4, 0.5) is 10.8 Å². The van der Waals surface area contributed by atoms with Gasteiger partial charge in [0, 0.05) is 23.8 Å². The van der Waals surface area contributed by atoms with Gasteiger partial charge in [-0.05, 0) is 42.0 Å². The number of aromatic nitrogens is 1. The van der Waals surface area contributed by atoms with Crippen LogP contribution in [0.1, 0.15) is 5.56 Å². The summed E-state index contributed by atoms with van der Waals surface area (Å²) in [7, 11) is -7.13. The molecule has 0 bridgehead atoms. The first kappa shape index (κ1) is 21.8. The van der Waals surface area contributed by atoms with Crippen LogP contribution in [0.15, 0.2) is 69.9 Å². The Labute approximate surface area is 167 Å². The molecule has 2 aromatic carbocycles. The molecule has 0 saturated carbocycles. The van der Waals surface area contributed by atoms with E-state index < -0.39 is 20.0 Å². The first-order chi connectivity index (χ1) is 13.1. The Kier molecular flexibility index (Phi) is 7.10. The van der Waals surface area contributed by atoms with E-state index in [2.05, 4.69) is 9.71 Å². The Balaban J connectivity index is 0.000000209. The minimum Gasteiger partial charge on any atom is -0.399 e. The van der Waals surface area contributed by atoms with Crippen molar-refractivity contribution in [3.63, 3.8) is 0 Å². The number of primary sulfonamides is 1. The van der Waals surface area contributed by atoms with E-state index in [0.717, 1.165) is 5.56 Å². The van der Waals surface area contributed by atoms with E-state index in [4.69, 9.17) is 16.6 Å². The summed E-state index contributed by atoms with van der Waals surface area (Å²) in [5.74, 6) is 0. The van der Waals surface area contributed by atoms with Crippen molar-refractivity contribution in [2.75, 3.05) is 10.5 Å². The number of thiazole rings is 1. The van der Waals surface area contributed by atoms with Crippen molar-refractivity contribution in [2.45, 2.75) is 16.3 Å². The molecule has 1 heterocycles. The fraction of sp³-hybridized carbons (Fsp3) is 0.0625. The monoisotopic (exact) mass is 441 g/mol. The SMILES string of the molecule is NCc1ccc(S(N)(=O)=O)cc1.Nc1ccc(S(=O)(=O)Nc2nccs2)cc1. The molecule has 12 heteroatoms. The average molecular weight is 442 g/mol. The second-order valence-electron chi connectivity index (χ2n) is 5.40. The third-order valence-corrected chi connectivity index (χ3v) is 6.43. The average Bonchev–Trinajstić information content (AvgIpc) is 3.14. The summed E-state index contributed by atoms with van der Waals surface area (Å²) in [5, 5.41) is 6.93. The van der Waals surface area contributed by atoms with Crippen molar-refractivity contribution in [3.8, 4) is 0 Å². The standard InChI is InChI=1S/C9H9N3O2S2.C7H10N2O2S/c10-7-1-3-8(4-2-7)16(13,14)12-9-11-5-6-15-9;8-5-6-1-3-7(4-2-6)12(9,10)11/h1-6H,10H2,(H,11,12);1-4H,5,8H2,(H2,9,10,11). The largest absolute Gasteiger partial charge is 0.399 e. The van der Waals surface area contributed by atoms with Crippen molar-refractivity contribution >= 4 is 42.2 Å². The van der Waals surface area contributed by atoms with Crippen molar-refractivity contribution in [2.24, 2.45) is 10.9 Å². The topological polar surface area (TPSA) is 171 Å². The lowest BCUT2D eigenvalue weighted by atomic mass is 10.2. The molecule has 0 amide bonds. The van der Waals surface area contributed by atoms with Crippen LogP contribution in [0, 0.1) is 0 Å². The highest BCUT2D eigenvalue weighted by Gasteiger charge is 2.14. The van der Waals surface area contributed by atoms with Crippen LogP contribution in [0.3, 0.4) is 0 Å². The van der Waals surface area contributed by atoms with E-state index in [1.807, 2.05) is 0 Å². The molecule has 0 spiro atoms. The van der Waals surface area contributed by atoms with Crippen molar-refractivity contribution < 1.29 is 16.8 Å². The van der Waals surface area contributed by atoms with Gasteiger partial charge in [-0.1, -0.05) is 12.1 Å². The molecule has 150 valence electrons. The fourth-order valence-corrected chi connectivity index (χ4v) is 4.21. The molecule has 28 heavy (non-hydrogen) atoms. The van der Waals surface area contributed by atoms with Crippen LogP contribution < -0.4 is 21.3 Å². The summed E-state index contributed by atoms with van der Waals surface area (Å²) in [6, 6.07) is 12.1. The molecule has 3 aromatic rings. The zero-order valence-corrected chi connectivity index (χ0v) is 17.0. The Morgan fingerprint density at radius 1 is 0.929 bits per heavy atom. The maximum absolute atomic E-state index is 11.8. The molecule has 3 rings (SSSR count). The fourth-order valence-electron chi connectivity index (χ4n) is 1.91. The summed E-state index contributed by atoms with van der Waals surface area (Å²) in [5.41, 5.74) is 12.2. The molecule has 7 N–H and O–H groups in total. The molecule has 0 aliphatic rings. The van der Waals surface area contributed by atoms with Crippen LogP contribution in [-0.4, -0.2) is 21.8 Å². The highest BCUT2D eigenvalue weighted by Crippen LogP contribution is 2.18. The van der Waals surface area contributed by atoms with E-state index in [1.165, 1.54) is 53.9 Å². The first-order valence-electron chi connectivity index (χ1n) is 7.71. The molecule has 0 aliphatic carbocycles. The molecule has 0 aliphatic heterocycles. The molecular weight excluding hydrogens is 422 g/mol. The number of sulfonamides is 2. The van der Waals surface area contributed by atoms with Crippen LogP contribution >= 0.6 is 11.3 Å². The number of nitrogen functional groups attached to an aromatic ring is 1. The van der Waals surface area contributed by atoms with E-state index in [1.54, 1.807) is 17.5 Å². The lowest BCUT2D eigenvalue weighted by Gasteiger charge is -2.04. The summed E-state index contributed by atoms with van der Waals surface area (Å²) in [4.78, 5) is 4.12. The Bertz CT molecular complexity index is 1100. The number of hydrogen-bond donors (Lipinski definition) is 4. The number of rotatable bonds is 5. The van der Waals surface area contributed by atoms with E-state index in [0.29, 0.717) is 17.4 Å². The van der Waals surface area contributed by atoms with Gasteiger partial charge in [-0.15, -0.1) is 11.3 Å². The molecule has 0 unspecified atom stereocenters. The molecule has 0 radical (unpaired) electrons. The third kappa shape index (κ3) is 6.28. The summed E-state index contributed by atoms with van der Waals surface area (Å²) >= 11 is 1.22. The van der Waals surface area contributed by atoms with Crippen molar-refractivity contribution in [1.29, 1.82) is 0 Å². The van der Waals surface area contributed by atoms with Crippen LogP contribution in [0.25, 0.3) is 0 Å². The summed E-state index contributed by atoms with van der Waals surface area (Å²) in [6.45, 7) is 0.394. The zero-order chi connectivity index (χ0) is 20.8. The molecule has 0 fully saturated rings. The Morgan fingerprint density at radius 2 is 1.50 bits per heavy atom. The van der Waals surface area contributed by atoms with Gasteiger partial charge in [0.25, 0.3) is 10.0 Å². The van der Waals surface area contributed by atoms with Crippen LogP contribution in [-0.2, 0) is 26.6 Å². The highest BCUT2D eigenvalue weighted by molar-refractivity contribution is 7.93. The quantitative estimate of drug-likeness (QED) is 0.432. The number of hydrogen-bond acceptors (Lipinski definition) is 8. The van der Waals surface area contributed by atoms with Crippen LogP contribution in [0.5, 0.6) is 0 Å². The number of anilines is 2. The van der Waals surface area contributed by atoms with E-state index in [9.17, 15) is 16.8 Å². The summed E-state index contributed by atoms with van der Waals surface area (Å²) in [6.07, 6.45) is 1.53. The Hall–Kier alpha value is -2.51. The van der Waals surface area contributed by atoms with Gasteiger partial charge in [0.05, 0.1) is 9.79 Å². The van der Waals surface area contributed by atoms with Gasteiger partial charge < -0.3 is 11.5 Å². The third-order valence-electron chi connectivity index (χ3n) is 3.33. The van der Waals surface area contributed by atoms with Gasteiger partial charge >= 0.3 is 0 Å². The van der Waals surface area contributed by atoms with Gasteiger partial charge in [-0.25, -0.2) is 27.0 Å². The van der Waals surface area contributed by atoms with Crippen molar-refractivity contribution in [3.05, 3.63) is 65.7 Å². The maximum atomic E-state index is 11.8. The molecule has 0 atom stereocenters. The number of nitrogens with zero attached hydrogens (tertiary/aromatic N) is 1. The first-order valence-corrected chi connectivity index (χ1v) is 11.6. The summed E-state index contributed by atoms with van der Waals surface area (Å²) < 4.78 is 47.6. The highest BCUT2D eigenvalue weighted by atomic mass is 32.2. The minimum atomic E-state index is -3.57. The zero-order valence-electron chi connectivity index (χ0n) is 14.5. The lowest BCUT2D eigenvalue weighted by Crippen LogP contribution is -2.12. The predicted molar refractivity (Wildman–Crippen MR) is 109 cm³/mol. The molecular formula is C16H19N5O4S3. The maximum Gasteiger partial charge on any atom is 0.263 e. The number of benzene rings is 2. The van der Waals surface area contributed by atoms with E-state index >= 15 is 0 Å². The minimum absolute atomic E-state index is 0.111. The number of nitrogens with two attached hydrogens (primary N) is 3. The molecule has 0 saturated heterocycles. The smallest absolute Gasteiger partial charge is 0.263 e. The van der Waals surface area contributed by atoms with Crippen LogP contribution in [0.2, 0.25) is 0 Å². The van der Waals surface area contributed by atoms with Gasteiger partial charge in [-0.3, -0.25) is 4.72 Å². The molecule has 9 nitrogen and oxygen atoms in total. The van der Waals surface area contributed by atoms with Gasteiger partial charge in [-0.2, -0.15) is 0 Å². The van der Waals surface area contributed by atoms with E-state index in [-0.39, 0.29) is 9.79 Å². The molecule has 1 aromatic heterocycles.